The Kier molecular flexibility index (Phi) is 4.44. The topological polar surface area (TPSA) is 103 Å². The number of benzene rings is 2. The third-order valence-electron chi connectivity index (χ3n) is 5.34. The molecule has 1 saturated heterocycles. The van der Waals surface area contributed by atoms with Crippen LogP contribution in [-0.2, 0) is 9.59 Å². The van der Waals surface area contributed by atoms with Crippen LogP contribution >= 0.6 is 0 Å². The highest BCUT2D eigenvalue weighted by molar-refractivity contribution is 5.96. The zero-order chi connectivity index (χ0) is 20.7. The molecule has 0 radical (unpaired) electrons. The molecule has 9 heteroatoms. The van der Waals surface area contributed by atoms with E-state index in [9.17, 15) is 9.59 Å². The maximum absolute atomic E-state index is 13.0. The summed E-state index contributed by atoms with van der Waals surface area (Å²) >= 11 is 0. The highest BCUT2D eigenvalue weighted by Crippen LogP contribution is 2.33. The van der Waals surface area contributed by atoms with Crippen molar-refractivity contribution in [1.82, 2.24) is 20.6 Å². The van der Waals surface area contributed by atoms with Crippen LogP contribution in [0.2, 0.25) is 0 Å². The van der Waals surface area contributed by atoms with Crippen LogP contribution in [-0.4, -0.2) is 45.9 Å². The van der Waals surface area contributed by atoms with Crippen molar-refractivity contribution in [2.45, 2.75) is 25.4 Å². The first-order valence-corrected chi connectivity index (χ1v) is 9.69. The number of aryl methyl sites for hydroxylation is 1. The van der Waals surface area contributed by atoms with Crippen molar-refractivity contribution in [3.8, 4) is 0 Å². The van der Waals surface area contributed by atoms with Gasteiger partial charge in [-0.25, -0.2) is 10.4 Å². The number of anilines is 1. The number of hydrogen-bond donors (Lipinski definition) is 2. The van der Waals surface area contributed by atoms with Gasteiger partial charge in [0.05, 0.1) is 6.04 Å². The summed E-state index contributed by atoms with van der Waals surface area (Å²) in [6.45, 7) is 1.54. The van der Waals surface area contributed by atoms with Gasteiger partial charge in [0.2, 0.25) is 5.91 Å². The van der Waals surface area contributed by atoms with Crippen molar-refractivity contribution >= 4 is 34.7 Å². The van der Waals surface area contributed by atoms with Gasteiger partial charge in [-0.3, -0.25) is 14.6 Å². The molecule has 0 spiro atoms. The van der Waals surface area contributed by atoms with Crippen molar-refractivity contribution in [1.29, 1.82) is 0 Å². The van der Waals surface area contributed by atoms with Crippen LogP contribution in [0.15, 0.2) is 58.2 Å². The monoisotopic (exact) mass is 404 g/mol. The van der Waals surface area contributed by atoms with E-state index in [1.807, 2.05) is 18.2 Å². The van der Waals surface area contributed by atoms with Gasteiger partial charge >= 0.3 is 0 Å². The molecule has 9 nitrogen and oxygen atoms in total. The van der Waals surface area contributed by atoms with Gasteiger partial charge in [0.25, 0.3) is 5.91 Å². The molecule has 0 aliphatic carbocycles. The number of carbonyl (C=O) groups is 2. The van der Waals surface area contributed by atoms with Crippen molar-refractivity contribution < 1.29 is 14.1 Å². The molecule has 1 aromatic heterocycles. The average molecular weight is 404 g/mol. The van der Waals surface area contributed by atoms with E-state index in [1.165, 1.54) is 5.01 Å². The number of nitrogens with one attached hydrogen (secondary N) is 2. The van der Waals surface area contributed by atoms with Crippen LogP contribution in [0.3, 0.4) is 0 Å². The Morgan fingerprint density at radius 1 is 1.27 bits per heavy atom. The van der Waals surface area contributed by atoms with Crippen LogP contribution in [0, 0.1) is 6.92 Å². The maximum Gasteiger partial charge on any atom is 0.267 e. The van der Waals surface area contributed by atoms with E-state index in [1.54, 1.807) is 24.3 Å². The molecule has 3 heterocycles. The van der Waals surface area contributed by atoms with E-state index in [2.05, 4.69) is 45.3 Å². The first kappa shape index (κ1) is 18.3. The van der Waals surface area contributed by atoms with E-state index >= 15 is 0 Å². The number of aromatic nitrogens is 1. The molecule has 2 aliphatic heterocycles. The fourth-order valence-corrected chi connectivity index (χ4v) is 3.95. The normalized spacial score (nSPS) is 20.6. The fourth-order valence-electron chi connectivity index (χ4n) is 3.95. The molecule has 0 bridgehead atoms. The number of carbonyl (C=O) groups excluding carboxylic acids is 2. The fraction of sp³-hybridized carbons (Fsp3) is 0.238. The molecule has 2 atom stereocenters. The lowest BCUT2D eigenvalue weighted by atomic mass is 9.96. The van der Waals surface area contributed by atoms with Crippen molar-refractivity contribution in [3.63, 3.8) is 0 Å². The highest BCUT2D eigenvalue weighted by atomic mass is 16.5. The van der Waals surface area contributed by atoms with Gasteiger partial charge in [-0.05, 0) is 29.7 Å². The summed E-state index contributed by atoms with van der Waals surface area (Å²) in [7, 11) is 0. The van der Waals surface area contributed by atoms with Crippen LogP contribution in [0.5, 0.6) is 0 Å². The first-order valence-electron chi connectivity index (χ1n) is 9.69. The SMILES string of the molecule is Cc1cc(NC(=O)CN2N=CN3NC(c4cccc5ccccc45)CC3C2=O)no1. The number of rotatable bonds is 4. The predicted octanol–water partition coefficient (Wildman–Crippen LogP) is 2.18. The minimum Gasteiger partial charge on any atom is -0.360 e. The largest absolute Gasteiger partial charge is 0.360 e. The summed E-state index contributed by atoms with van der Waals surface area (Å²) in [6, 6.07) is 15.5. The molecule has 2 unspecified atom stereocenters. The minimum absolute atomic E-state index is 0.0246. The smallest absolute Gasteiger partial charge is 0.267 e. The van der Waals surface area contributed by atoms with E-state index < -0.39 is 6.04 Å². The van der Waals surface area contributed by atoms with Gasteiger partial charge in [0.15, 0.2) is 5.82 Å². The first-order chi connectivity index (χ1) is 14.6. The predicted molar refractivity (Wildman–Crippen MR) is 110 cm³/mol. The molecule has 1 fully saturated rings. The third-order valence-corrected chi connectivity index (χ3v) is 5.34. The quantitative estimate of drug-likeness (QED) is 0.691. The van der Waals surface area contributed by atoms with Crippen LogP contribution in [0.1, 0.15) is 23.8 Å². The molecule has 5 rings (SSSR count). The molecular weight excluding hydrogens is 384 g/mol. The average Bonchev–Trinajstić information content (AvgIpc) is 3.36. The summed E-state index contributed by atoms with van der Waals surface area (Å²) in [6.07, 6.45) is 2.14. The molecule has 3 aromatic rings. The molecule has 0 saturated carbocycles. The Morgan fingerprint density at radius 2 is 2.10 bits per heavy atom. The lowest BCUT2D eigenvalue weighted by Crippen LogP contribution is -2.52. The van der Waals surface area contributed by atoms with E-state index in [0.717, 1.165) is 16.3 Å². The van der Waals surface area contributed by atoms with Gasteiger partial charge < -0.3 is 9.84 Å². The van der Waals surface area contributed by atoms with Crippen LogP contribution in [0.4, 0.5) is 5.82 Å². The highest BCUT2D eigenvalue weighted by Gasteiger charge is 2.41. The number of hydrazine groups is 1. The zero-order valence-electron chi connectivity index (χ0n) is 16.3. The molecule has 2 aromatic carbocycles. The van der Waals surface area contributed by atoms with Crippen molar-refractivity contribution in [2.75, 3.05) is 11.9 Å². The third kappa shape index (κ3) is 3.29. The Balaban J connectivity index is 1.29. The summed E-state index contributed by atoms with van der Waals surface area (Å²) in [5.74, 6) is 0.286. The molecule has 152 valence electrons. The van der Waals surface area contributed by atoms with E-state index in [-0.39, 0.29) is 24.4 Å². The lowest BCUT2D eigenvalue weighted by molar-refractivity contribution is -0.139. The Bertz CT molecular complexity index is 1150. The summed E-state index contributed by atoms with van der Waals surface area (Å²) < 4.78 is 4.93. The second-order valence-corrected chi connectivity index (χ2v) is 7.41. The Labute approximate surface area is 172 Å². The molecular formula is C21H20N6O3. The van der Waals surface area contributed by atoms with Gasteiger partial charge in [0.1, 0.15) is 24.7 Å². The van der Waals surface area contributed by atoms with Crippen LogP contribution < -0.4 is 10.7 Å². The Hall–Kier alpha value is -3.72. The summed E-state index contributed by atoms with van der Waals surface area (Å²) in [4.78, 5) is 25.2. The zero-order valence-corrected chi connectivity index (χ0v) is 16.3. The van der Waals surface area contributed by atoms with Gasteiger partial charge in [0, 0.05) is 6.07 Å². The lowest BCUT2D eigenvalue weighted by Gasteiger charge is -2.29. The standard InChI is InChI=1S/C21H20N6O3/c1-13-9-19(25-30-13)23-20(28)11-26-21(29)18-10-17(24-27(18)12-22-26)16-8-4-6-14-5-2-3-7-15(14)16/h2-9,12,17-18,24H,10-11H2,1H3,(H,23,25,28). The Morgan fingerprint density at radius 3 is 2.93 bits per heavy atom. The van der Waals surface area contributed by atoms with Crippen molar-refractivity contribution in [3.05, 3.63) is 59.9 Å². The number of hydrogen-bond acceptors (Lipinski definition) is 7. The number of amides is 2. The maximum atomic E-state index is 13.0. The molecule has 2 amide bonds. The second-order valence-electron chi connectivity index (χ2n) is 7.41. The number of hydrazone groups is 1. The molecule has 2 aliphatic rings. The summed E-state index contributed by atoms with van der Waals surface area (Å²) in [5, 5.41) is 15.7. The van der Waals surface area contributed by atoms with E-state index in [4.69, 9.17) is 4.52 Å². The molecule has 30 heavy (non-hydrogen) atoms. The van der Waals surface area contributed by atoms with Gasteiger partial charge in [-0.1, -0.05) is 47.6 Å². The van der Waals surface area contributed by atoms with Crippen molar-refractivity contribution in [2.24, 2.45) is 5.10 Å². The van der Waals surface area contributed by atoms with Gasteiger partial charge in [-0.15, -0.1) is 0 Å². The molecule has 2 N–H and O–H groups in total. The number of nitrogens with zero attached hydrogens (tertiary/aromatic N) is 4. The van der Waals surface area contributed by atoms with Crippen LogP contribution in [0.25, 0.3) is 10.8 Å². The van der Waals surface area contributed by atoms with E-state index in [0.29, 0.717) is 18.0 Å². The number of fused-ring (bicyclic) bond motifs is 2. The summed E-state index contributed by atoms with van der Waals surface area (Å²) in [5.41, 5.74) is 4.50. The van der Waals surface area contributed by atoms with Gasteiger partial charge in [-0.2, -0.15) is 5.10 Å². The second kappa shape index (κ2) is 7.27. The minimum atomic E-state index is -0.423.